The van der Waals surface area contributed by atoms with Crippen LogP contribution < -0.4 is 5.73 Å². The Morgan fingerprint density at radius 3 is 2.47 bits per heavy atom. The molecule has 1 aromatic rings. The molecular weight excluding hydrogens is 262 g/mol. The van der Waals surface area contributed by atoms with Gasteiger partial charge in [0.2, 0.25) is 10.0 Å². The lowest BCUT2D eigenvalue weighted by Crippen LogP contribution is -2.49. The Kier molecular flexibility index (Phi) is 3.78. The molecule has 1 aliphatic rings. The second-order valence-electron chi connectivity index (χ2n) is 5.03. The van der Waals surface area contributed by atoms with Crippen molar-refractivity contribution in [3.8, 4) is 6.07 Å². The van der Waals surface area contributed by atoms with E-state index in [0.717, 1.165) is 5.56 Å². The number of rotatable bonds is 4. The van der Waals surface area contributed by atoms with E-state index in [-0.39, 0.29) is 11.8 Å². The van der Waals surface area contributed by atoms with Crippen LogP contribution in [0.3, 0.4) is 0 Å². The van der Waals surface area contributed by atoms with Gasteiger partial charge in [-0.3, -0.25) is 0 Å². The van der Waals surface area contributed by atoms with Gasteiger partial charge >= 0.3 is 0 Å². The number of hydrogen-bond acceptors (Lipinski definition) is 4. The summed E-state index contributed by atoms with van der Waals surface area (Å²) in [5.41, 5.74) is 7.23. The van der Waals surface area contributed by atoms with E-state index < -0.39 is 10.0 Å². The fourth-order valence-corrected chi connectivity index (χ4v) is 3.23. The Morgan fingerprint density at radius 1 is 1.42 bits per heavy atom. The summed E-state index contributed by atoms with van der Waals surface area (Å²) >= 11 is 0. The van der Waals surface area contributed by atoms with Gasteiger partial charge in [0.1, 0.15) is 0 Å². The zero-order valence-electron chi connectivity index (χ0n) is 10.8. The van der Waals surface area contributed by atoms with Crippen molar-refractivity contribution in [3.63, 3.8) is 0 Å². The summed E-state index contributed by atoms with van der Waals surface area (Å²) in [6.07, 6.45) is 1.90. The minimum Gasteiger partial charge on any atom is -0.399 e. The maximum absolute atomic E-state index is 11.3. The molecule has 0 aromatic heterocycles. The fraction of sp³-hybridized carbons (Fsp3) is 0.462. The van der Waals surface area contributed by atoms with Crippen molar-refractivity contribution >= 4 is 15.7 Å². The Balaban J connectivity index is 1.96. The highest BCUT2D eigenvalue weighted by molar-refractivity contribution is 7.88. The van der Waals surface area contributed by atoms with E-state index in [0.29, 0.717) is 25.2 Å². The predicted octanol–water partition coefficient (Wildman–Crippen LogP) is 1.16. The maximum Gasteiger partial charge on any atom is 0.211 e. The standard InChI is InChI=1S/C13H17N3O2S/c1-19(17,18)16-8-10(9-16)6-12(7-14)11-2-4-13(15)5-3-11/h2-5,10,12H,6,8-9,15H2,1H3. The van der Waals surface area contributed by atoms with Crippen LogP contribution in [0.4, 0.5) is 5.69 Å². The van der Waals surface area contributed by atoms with E-state index in [1.54, 1.807) is 12.1 Å². The largest absolute Gasteiger partial charge is 0.399 e. The molecule has 1 saturated heterocycles. The maximum atomic E-state index is 11.3. The molecule has 1 heterocycles. The van der Waals surface area contributed by atoms with Gasteiger partial charge in [-0.1, -0.05) is 12.1 Å². The van der Waals surface area contributed by atoms with Crippen LogP contribution >= 0.6 is 0 Å². The lowest BCUT2D eigenvalue weighted by atomic mass is 9.87. The van der Waals surface area contributed by atoms with E-state index >= 15 is 0 Å². The quantitative estimate of drug-likeness (QED) is 0.838. The van der Waals surface area contributed by atoms with Crippen LogP contribution in [0, 0.1) is 17.2 Å². The summed E-state index contributed by atoms with van der Waals surface area (Å²) < 4.78 is 24.0. The normalized spacial score (nSPS) is 18.5. The van der Waals surface area contributed by atoms with E-state index in [4.69, 9.17) is 5.73 Å². The highest BCUT2D eigenvalue weighted by Crippen LogP contribution is 2.30. The third-order valence-corrected chi connectivity index (χ3v) is 4.69. The van der Waals surface area contributed by atoms with Crippen LogP contribution in [0.2, 0.25) is 0 Å². The van der Waals surface area contributed by atoms with Gasteiger partial charge in [-0.15, -0.1) is 0 Å². The molecule has 0 saturated carbocycles. The molecule has 19 heavy (non-hydrogen) atoms. The number of nitrogens with two attached hydrogens (primary N) is 1. The van der Waals surface area contributed by atoms with E-state index in [2.05, 4.69) is 6.07 Å². The minimum atomic E-state index is -3.08. The number of anilines is 1. The zero-order chi connectivity index (χ0) is 14.0. The topological polar surface area (TPSA) is 87.2 Å². The minimum absolute atomic E-state index is 0.202. The highest BCUT2D eigenvalue weighted by Gasteiger charge is 2.34. The van der Waals surface area contributed by atoms with Gasteiger partial charge in [-0.05, 0) is 30.0 Å². The van der Waals surface area contributed by atoms with E-state index in [1.807, 2.05) is 12.1 Å². The van der Waals surface area contributed by atoms with Crippen molar-refractivity contribution in [2.24, 2.45) is 5.92 Å². The Labute approximate surface area is 113 Å². The van der Waals surface area contributed by atoms with Gasteiger partial charge in [0.25, 0.3) is 0 Å². The van der Waals surface area contributed by atoms with Crippen LogP contribution in [-0.4, -0.2) is 32.1 Å². The molecule has 1 aliphatic heterocycles. The van der Waals surface area contributed by atoms with Crippen LogP contribution in [0.15, 0.2) is 24.3 Å². The van der Waals surface area contributed by atoms with Crippen molar-refractivity contribution in [1.29, 1.82) is 5.26 Å². The molecule has 1 unspecified atom stereocenters. The first-order valence-electron chi connectivity index (χ1n) is 6.10. The average Bonchev–Trinajstić information content (AvgIpc) is 2.28. The highest BCUT2D eigenvalue weighted by atomic mass is 32.2. The van der Waals surface area contributed by atoms with Crippen molar-refractivity contribution in [1.82, 2.24) is 4.31 Å². The molecule has 1 aromatic carbocycles. The summed E-state index contributed by atoms with van der Waals surface area (Å²) in [5.74, 6) is 0.0595. The predicted molar refractivity (Wildman–Crippen MR) is 73.7 cm³/mol. The van der Waals surface area contributed by atoms with Gasteiger partial charge in [-0.25, -0.2) is 12.7 Å². The molecule has 0 amide bonds. The molecule has 0 spiro atoms. The summed E-state index contributed by atoms with van der Waals surface area (Å²) in [6.45, 7) is 1.04. The summed E-state index contributed by atoms with van der Waals surface area (Å²) in [5, 5.41) is 9.23. The van der Waals surface area contributed by atoms with Gasteiger partial charge in [-0.2, -0.15) is 5.26 Å². The van der Waals surface area contributed by atoms with Crippen molar-refractivity contribution in [2.75, 3.05) is 25.1 Å². The molecule has 0 bridgehead atoms. The Bertz CT molecular complexity index is 583. The molecule has 1 fully saturated rings. The van der Waals surface area contributed by atoms with E-state index in [9.17, 15) is 13.7 Å². The monoisotopic (exact) mass is 279 g/mol. The first-order chi connectivity index (χ1) is 8.90. The SMILES string of the molecule is CS(=O)(=O)N1CC(CC(C#N)c2ccc(N)cc2)C1. The molecule has 5 nitrogen and oxygen atoms in total. The first kappa shape index (κ1) is 13.8. The van der Waals surface area contributed by atoms with Gasteiger partial charge in [0.05, 0.1) is 18.2 Å². The van der Waals surface area contributed by atoms with Crippen LogP contribution in [-0.2, 0) is 10.0 Å². The molecule has 0 aliphatic carbocycles. The summed E-state index contributed by atoms with van der Waals surface area (Å²) in [4.78, 5) is 0. The first-order valence-corrected chi connectivity index (χ1v) is 7.95. The van der Waals surface area contributed by atoms with E-state index in [1.165, 1.54) is 10.6 Å². The zero-order valence-corrected chi connectivity index (χ0v) is 11.6. The van der Waals surface area contributed by atoms with Crippen molar-refractivity contribution in [3.05, 3.63) is 29.8 Å². The molecule has 6 heteroatoms. The fourth-order valence-electron chi connectivity index (χ4n) is 2.27. The number of nitrogens with zero attached hydrogens (tertiary/aromatic N) is 2. The van der Waals surface area contributed by atoms with Gasteiger partial charge in [0.15, 0.2) is 0 Å². The van der Waals surface area contributed by atoms with Crippen molar-refractivity contribution in [2.45, 2.75) is 12.3 Å². The van der Waals surface area contributed by atoms with Gasteiger partial charge < -0.3 is 5.73 Å². The number of nitrogen functional groups attached to an aromatic ring is 1. The number of nitriles is 1. The van der Waals surface area contributed by atoms with Gasteiger partial charge in [0, 0.05) is 18.8 Å². The average molecular weight is 279 g/mol. The van der Waals surface area contributed by atoms with Crippen LogP contribution in [0.25, 0.3) is 0 Å². The van der Waals surface area contributed by atoms with Crippen LogP contribution in [0.1, 0.15) is 17.9 Å². The Morgan fingerprint density at radius 2 is 2.00 bits per heavy atom. The smallest absolute Gasteiger partial charge is 0.211 e. The Hall–Kier alpha value is -1.58. The molecule has 102 valence electrons. The molecule has 0 radical (unpaired) electrons. The third kappa shape index (κ3) is 3.25. The second-order valence-corrected chi connectivity index (χ2v) is 7.01. The summed E-state index contributed by atoms with van der Waals surface area (Å²) in [7, 11) is -3.08. The number of benzene rings is 1. The number of sulfonamides is 1. The third-order valence-electron chi connectivity index (χ3n) is 3.46. The number of hydrogen-bond donors (Lipinski definition) is 1. The molecule has 1 atom stereocenters. The lowest BCUT2D eigenvalue weighted by molar-refractivity contribution is 0.187. The molecule has 2 N–H and O–H groups in total. The van der Waals surface area contributed by atoms with Crippen LogP contribution in [0.5, 0.6) is 0 Å². The lowest BCUT2D eigenvalue weighted by Gasteiger charge is -2.38. The molecule has 2 rings (SSSR count). The van der Waals surface area contributed by atoms with Crippen molar-refractivity contribution < 1.29 is 8.42 Å². The second kappa shape index (κ2) is 5.19. The summed E-state index contributed by atoms with van der Waals surface area (Å²) in [6, 6.07) is 9.56. The molecular formula is C13H17N3O2S.